The van der Waals surface area contributed by atoms with Crippen molar-refractivity contribution in [1.82, 2.24) is 10.3 Å². The molecule has 4 heteroatoms. The summed E-state index contributed by atoms with van der Waals surface area (Å²) < 4.78 is 0. The number of rotatable bonds is 2. The molecule has 0 spiro atoms. The summed E-state index contributed by atoms with van der Waals surface area (Å²) in [4.78, 5) is 15.3. The lowest BCUT2D eigenvalue weighted by atomic mass is 10.1. The molecular formula is C10H12N2O2. The molecule has 0 radical (unpaired) electrons. The second-order valence-corrected chi connectivity index (χ2v) is 3.35. The predicted octanol–water partition coefficient (Wildman–Crippen LogP) is 0.945. The normalized spacial score (nSPS) is 14.1. The van der Waals surface area contributed by atoms with Gasteiger partial charge in [-0.2, -0.15) is 0 Å². The fourth-order valence-corrected chi connectivity index (χ4v) is 1.71. The minimum Gasteiger partial charge on any atom is -0.478 e. The highest BCUT2D eigenvalue weighted by Crippen LogP contribution is 2.18. The lowest BCUT2D eigenvalue weighted by molar-refractivity contribution is 0.0695. The number of aryl methyl sites for hydroxylation is 1. The van der Waals surface area contributed by atoms with Crippen LogP contribution in [-0.4, -0.2) is 16.1 Å². The highest BCUT2D eigenvalue weighted by atomic mass is 16.4. The van der Waals surface area contributed by atoms with E-state index in [-0.39, 0.29) is 0 Å². The van der Waals surface area contributed by atoms with Crippen LogP contribution in [0, 0.1) is 0 Å². The van der Waals surface area contributed by atoms with E-state index in [2.05, 4.69) is 10.3 Å². The third-order valence-electron chi connectivity index (χ3n) is 2.44. The van der Waals surface area contributed by atoms with Crippen LogP contribution in [0.25, 0.3) is 0 Å². The van der Waals surface area contributed by atoms with Crippen molar-refractivity contribution in [2.75, 3.05) is 0 Å². The summed E-state index contributed by atoms with van der Waals surface area (Å²) >= 11 is 0. The monoisotopic (exact) mass is 192 g/mol. The molecular weight excluding hydrogens is 180 g/mol. The molecule has 0 aromatic carbocycles. The van der Waals surface area contributed by atoms with Crippen molar-refractivity contribution in [3.8, 4) is 0 Å². The molecule has 1 aromatic heterocycles. The zero-order chi connectivity index (χ0) is 10.1. The molecule has 2 N–H and O–H groups in total. The lowest BCUT2D eigenvalue weighted by Gasteiger charge is -2.05. The molecule has 0 aliphatic carbocycles. The Bertz CT molecular complexity index is 388. The number of carboxylic acid groups (broad SMARTS) is 1. The molecule has 0 bridgehead atoms. The molecule has 0 fully saturated rings. The number of aromatic nitrogens is 1. The average molecular weight is 192 g/mol. The van der Waals surface area contributed by atoms with Gasteiger partial charge in [0.25, 0.3) is 0 Å². The van der Waals surface area contributed by atoms with Crippen molar-refractivity contribution in [3.63, 3.8) is 0 Å². The Morgan fingerprint density at radius 1 is 1.64 bits per heavy atom. The molecule has 1 aromatic rings. The van der Waals surface area contributed by atoms with E-state index in [1.807, 2.05) is 6.92 Å². The molecule has 74 valence electrons. The molecule has 0 amide bonds. The first-order valence-corrected chi connectivity index (χ1v) is 4.68. The van der Waals surface area contributed by atoms with Crippen molar-refractivity contribution in [3.05, 3.63) is 28.6 Å². The van der Waals surface area contributed by atoms with Gasteiger partial charge in [0, 0.05) is 13.1 Å². The van der Waals surface area contributed by atoms with Gasteiger partial charge in [0.1, 0.15) is 0 Å². The van der Waals surface area contributed by atoms with Crippen LogP contribution in [-0.2, 0) is 19.5 Å². The van der Waals surface area contributed by atoms with E-state index in [9.17, 15) is 4.79 Å². The van der Waals surface area contributed by atoms with Crippen LogP contribution in [0.4, 0.5) is 0 Å². The summed E-state index contributed by atoms with van der Waals surface area (Å²) in [6, 6.07) is 1.74. The molecule has 4 nitrogen and oxygen atoms in total. The first-order chi connectivity index (χ1) is 6.72. The number of fused-ring (bicyclic) bond motifs is 1. The van der Waals surface area contributed by atoms with Gasteiger partial charge in [0.15, 0.2) is 0 Å². The highest BCUT2D eigenvalue weighted by Gasteiger charge is 2.18. The summed E-state index contributed by atoms with van der Waals surface area (Å²) in [7, 11) is 0. The van der Waals surface area contributed by atoms with Crippen LogP contribution in [0.3, 0.4) is 0 Å². The fraction of sp³-hybridized carbons (Fsp3) is 0.400. The number of nitrogens with one attached hydrogen (secondary N) is 1. The summed E-state index contributed by atoms with van der Waals surface area (Å²) in [6.07, 6.45) is 0.662. The van der Waals surface area contributed by atoms with Crippen LogP contribution in [0.2, 0.25) is 0 Å². The van der Waals surface area contributed by atoms with Crippen LogP contribution in [0.1, 0.15) is 34.2 Å². The summed E-state index contributed by atoms with van der Waals surface area (Å²) in [5, 5.41) is 12.1. The Morgan fingerprint density at radius 3 is 3.07 bits per heavy atom. The Kier molecular flexibility index (Phi) is 2.21. The Morgan fingerprint density at radius 2 is 2.43 bits per heavy atom. The maximum Gasteiger partial charge on any atom is 0.337 e. The molecule has 2 rings (SSSR count). The van der Waals surface area contributed by atoms with Gasteiger partial charge in [0.2, 0.25) is 0 Å². The number of hydrogen-bond donors (Lipinski definition) is 2. The van der Waals surface area contributed by atoms with Crippen LogP contribution in [0.15, 0.2) is 6.07 Å². The molecule has 0 saturated heterocycles. The molecule has 0 unspecified atom stereocenters. The maximum atomic E-state index is 10.9. The van der Waals surface area contributed by atoms with E-state index >= 15 is 0 Å². The van der Waals surface area contributed by atoms with Gasteiger partial charge >= 0.3 is 5.97 Å². The van der Waals surface area contributed by atoms with Crippen LogP contribution >= 0.6 is 0 Å². The lowest BCUT2D eigenvalue weighted by Crippen LogP contribution is -2.06. The first-order valence-electron chi connectivity index (χ1n) is 4.68. The van der Waals surface area contributed by atoms with E-state index < -0.39 is 5.97 Å². The minimum atomic E-state index is -0.885. The topological polar surface area (TPSA) is 62.2 Å². The Balaban J connectivity index is 2.54. The van der Waals surface area contributed by atoms with Gasteiger partial charge in [-0.3, -0.25) is 4.98 Å². The number of nitrogens with zero attached hydrogens (tertiary/aromatic N) is 1. The van der Waals surface area contributed by atoms with Crippen molar-refractivity contribution in [2.45, 2.75) is 26.4 Å². The van der Waals surface area contributed by atoms with Gasteiger partial charge in [0.05, 0.1) is 17.0 Å². The minimum absolute atomic E-state index is 0.343. The maximum absolute atomic E-state index is 10.9. The summed E-state index contributed by atoms with van der Waals surface area (Å²) in [5.41, 5.74) is 3.03. The quantitative estimate of drug-likeness (QED) is 0.732. The molecule has 2 heterocycles. The third-order valence-corrected chi connectivity index (χ3v) is 2.44. The number of carbonyl (C=O) groups is 1. The van der Waals surface area contributed by atoms with Crippen LogP contribution in [0.5, 0.6) is 0 Å². The fourth-order valence-electron chi connectivity index (χ4n) is 1.71. The third kappa shape index (κ3) is 1.37. The molecule has 0 atom stereocenters. The van der Waals surface area contributed by atoms with E-state index in [1.165, 1.54) is 0 Å². The van der Waals surface area contributed by atoms with Crippen molar-refractivity contribution < 1.29 is 9.90 Å². The van der Waals surface area contributed by atoms with Crippen molar-refractivity contribution in [1.29, 1.82) is 0 Å². The van der Waals surface area contributed by atoms with Crippen molar-refractivity contribution in [2.24, 2.45) is 0 Å². The molecule has 14 heavy (non-hydrogen) atoms. The van der Waals surface area contributed by atoms with E-state index in [0.29, 0.717) is 17.7 Å². The smallest absolute Gasteiger partial charge is 0.337 e. The van der Waals surface area contributed by atoms with Gasteiger partial charge < -0.3 is 10.4 Å². The number of carboxylic acids is 1. The van der Waals surface area contributed by atoms with Crippen molar-refractivity contribution >= 4 is 5.97 Å². The summed E-state index contributed by atoms with van der Waals surface area (Å²) in [5.74, 6) is -0.885. The number of aromatic carboxylic acids is 1. The Hall–Kier alpha value is -1.42. The van der Waals surface area contributed by atoms with E-state index in [0.717, 1.165) is 24.3 Å². The SMILES string of the molecule is CCc1nc2c(cc1C(=O)O)CNC2. The zero-order valence-corrected chi connectivity index (χ0v) is 8.00. The predicted molar refractivity (Wildman–Crippen MR) is 51.1 cm³/mol. The largest absolute Gasteiger partial charge is 0.478 e. The van der Waals surface area contributed by atoms with Gasteiger partial charge in [-0.05, 0) is 18.1 Å². The number of pyridine rings is 1. The van der Waals surface area contributed by atoms with Gasteiger partial charge in [-0.15, -0.1) is 0 Å². The first kappa shape index (κ1) is 9.15. The van der Waals surface area contributed by atoms with Crippen LogP contribution < -0.4 is 5.32 Å². The second kappa shape index (κ2) is 3.38. The van der Waals surface area contributed by atoms with Gasteiger partial charge in [-0.25, -0.2) is 4.79 Å². The standard InChI is InChI=1S/C10H12N2O2/c1-2-8-7(10(13)14)3-6-4-11-5-9(6)12-8/h3,11H,2,4-5H2,1H3,(H,13,14). The highest BCUT2D eigenvalue weighted by molar-refractivity contribution is 5.89. The molecule has 0 saturated carbocycles. The molecule has 1 aliphatic rings. The molecule has 1 aliphatic heterocycles. The summed E-state index contributed by atoms with van der Waals surface area (Å²) in [6.45, 7) is 3.40. The van der Waals surface area contributed by atoms with E-state index in [1.54, 1.807) is 6.07 Å². The number of hydrogen-bond acceptors (Lipinski definition) is 3. The average Bonchev–Trinajstić information content (AvgIpc) is 2.62. The Labute approximate surface area is 82.0 Å². The van der Waals surface area contributed by atoms with Gasteiger partial charge in [-0.1, -0.05) is 6.92 Å². The second-order valence-electron chi connectivity index (χ2n) is 3.35. The van der Waals surface area contributed by atoms with E-state index in [4.69, 9.17) is 5.11 Å². The zero-order valence-electron chi connectivity index (χ0n) is 8.00.